The Kier molecular flexibility index (Phi) is 5.46. The Morgan fingerprint density at radius 2 is 1.91 bits per heavy atom. The van der Waals surface area contributed by atoms with E-state index < -0.39 is 26.0 Å². The van der Waals surface area contributed by atoms with E-state index in [1.807, 2.05) is 0 Å². The van der Waals surface area contributed by atoms with Crippen molar-refractivity contribution in [1.82, 2.24) is 9.03 Å². The molecule has 2 heterocycles. The Hall–Kier alpha value is -1.01. The summed E-state index contributed by atoms with van der Waals surface area (Å²) >= 11 is 1.01. The molecule has 0 atom stereocenters. The number of hydrogen-bond acceptors (Lipinski definition) is 7. The monoisotopic (exact) mass is 382 g/mol. The molecule has 1 aromatic rings. The molecule has 1 aromatic heterocycles. The van der Waals surface area contributed by atoms with Gasteiger partial charge >= 0.3 is 5.97 Å². The highest BCUT2D eigenvalue weighted by Gasteiger charge is 2.33. The maximum atomic E-state index is 12.7. The fourth-order valence-electron chi connectivity index (χ4n) is 2.40. The van der Waals surface area contributed by atoms with Crippen molar-refractivity contribution >= 4 is 37.4 Å². The van der Waals surface area contributed by atoms with Crippen LogP contribution < -0.4 is 4.72 Å². The molecular formula is C12H18N2O6S3. The molecule has 1 aliphatic heterocycles. The summed E-state index contributed by atoms with van der Waals surface area (Å²) in [6, 6.07) is 1.10. The van der Waals surface area contributed by atoms with E-state index in [1.54, 1.807) is 0 Å². The molecule has 0 aliphatic carbocycles. The molecule has 0 bridgehead atoms. The summed E-state index contributed by atoms with van der Waals surface area (Å²) in [4.78, 5) is 11.6. The number of rotatable bonds is 5. The average molecular weight is 382 g/mol. The lowest BCUT2D eigenvalue weighted by atomic mass is 10.1. The van der Waals surface area contributed by atoms with Crippen LogP contribution in [0.3, 0.4) is 0 Å². The van der Waals surface area contributed by atoms with Gasteiger partial charge in [0.25, 0.3) is 0 Å². The fraction of sp³-hybridized carbons (Fsp3) is 0.583. The summed E-state index contributed by atoms with van der Waals surface area (Å²) in [5.41, 5.74) is 0. The summed E-state index contributed by atoms with van der Waals surface area (Å²) in [5.74, 6) is -0.688. The lowest BCUT2D eigenvalue weighted by molar-refractivity contribution is 0.0602. The second-order valence-electron chi connectivity index (χ2n) is 5.17. The van der Waals surface area contributed by atoms with E-state index in [2.05, 4.69) is 9.46 Å². The summed E-state index contributed by atoms with van der Waals surface area (Å²) in [5, 5.41) is 1.52. The molecule has 0 unspecified atom stereocenters. The number of thiophene rings is 1. The summed E-state index contributed by atoms with van der Waals surface area (Å²) in [7, 11) is -5.93. The van der Waals surface area contributed by atoms with Gasteiger partial charge in [0.15, 0.2) is 0 Å². The van der Waals surface area contributed by atoms with Crippen LogP contribution in [0, 0.1) is 0 Å². The number of hydrogen-bond donors (Lipinski definition) is 1. The van der Waals surface area contributed by atoms with Crippen LogP contribution in [-0.4, -0.2) is 59.6 Å². The van der Waals surface area contributed by atoms with Crippen LogP contribution in [0.4, 0.5) is 0 Å². The van der Waals surface area contributed by atoms with Gasteiger partial charge in [0.2, 0.25) is 20.0 Å². The van der Waals surface area contributed by atoms with Crippen molar-refractivity contribution in [3.05, 3.63) is 16.3 Å². The first kappa shape index (κ1) is 18.3. The van der Waals surface area contributed by atoms with Gasteiger partial charge in [0, 0.05) is 19.1 Å². The van der Waals surface area contributed by atoms with Crippen molar-refractivity contribution in [2.45, 2.75) is 23.8 Å². The number of nitrogens with one attached hydrogen (secondary N) is 1. The smallest absolute Gasteiger partial charge is 0.349 e. The molecule has 1 fully saturated rings. The van der Waals surface area contributed by atoms with Crippen LogP contribution in [0.25, 0.3) is 0 Å². The van der Waals surface area contributed by atoms with E-state index in [9.17, 15) is 21.6 Å². The van der Waals surface area contributed by atoms with Crippen LogP contribution in [0.2, 0.25) is 0 Å². The van der Waals surface area contributed by atoms with Crippen molar-refractivity contribution in [2.75, 3.05) is 26.5 Å². The number of carbonyl (C=O) groups excluding carboxylic acids is 1. The fourth-order valence-corrected chi connectivity index (χ4v) is 6.02. The quantitative estimate of drug-likeness (QED) is 0.731. The van der Waals surface area contributed by atoms with Crippen LogP contribution >= 0.6 is 11.3 Å². The molecule has 130 valence electrons. The minimum absolute atomic E-state index is 0.0453. The van der Waals surface area contributed by atoms with E-state index in [-0.39, 0.29) is 28.9 Å². The number of piperidine rings is 1. The second-order valence-corrected chi connectivity index (χ2v) is 9.78. The first-order chi connectivity index (χ1) is 10.6. The maximum absolute atomic E-state index is 12.7. The number of ether oxygens (including phenoxy) is 1. The molecular weight excluding hydrogens is 364 g/mol. The first-order valence-corrected chi connectivity index (χ1v) is 11.0. The Labute approximate surface area is 139 Å². The maximum Gasteiger partial charge on any atom is 0.349 e. The second kappa shape index (κ2) is 6.85. The summed E-state index contributed by atoms with van der Waals surface area (Å²) in [6.45, 7) is 0.373. The number of sulfonamides is 2. The number of nitrogens with zero attached hydrogens (tertiary/aromatic N) is 1. The van der Waals surface area contributed by atoms with Crippen molar-refractivity contribution in [2.24, 2.45) is 0 Å². The lowest BCUT2D eigenvalue weighted by Crippen LogP contribution is -2.46. The Balaban J connectivity index is 2.14. The summed E-state index contributed by atoms with van der Waals surface area (Å²) < 4.78 is 56.1. The molecule has 0 aromatic carbocycles. The van der Waals surface area contributed by atoms with Gasteiger partial charge in [-0.3, -0.25) is 0 Å². The van der Waals surface area contributed by atoms with Gasteiger partial charge in [-0.2, -0.15) is 4.31 Å². The molecule has 1 aliphatic rings. The van der Waals surface area contributed by atoms with E-state index in [4.69, 9.17) is 0 Å². The molecule has 11 heteroatoms. The van der Waals surface area contributed by atoms with Crippen LogP contribution in [0.1, 0.15) is 22.5 Å². The van der Waals surface area contributed by atoms with Crippen LogP contribution in [0.5, 0.6) is 0 Å². The van der Waals surface area contributed by atoms with Gasteiger partial charge in [-0.1, -0.05) is 0 Å². The third-order valence-corrected chi connectivity index (χ3v) is 7.18. The molecule has 0 radical (unpaired) electrons. The van der Waals surface area contributed by atoms with Gasteiger partial charge in [-0.05, 0) is 24.3 Å². The lowest BCUT2D eigenvalue weighted by Gasteiger charge is -2.31. The first-order valence-electron chi connectivity index (χ1n) is 6.78. The predicted molar refractivity (Wildman–Crippen MR) is 85.4 cm³/mol. The molecule has 1 N–H and O–H groups in total. The average Bonchev–Trinajstić information content (AvgIpc) is 2.95. The van der Waals surface area contributed by atoms with E-state index >= 15 is 0 Å². The summed E-state index contributed by atoms with van der Waals surface area (Å²) in [6.07, 6.45) is 1.83. The highest BCUT2D eigenvalue weighted by atomic mass is 32.2. The number of carbonyl (C=O) groups is 1. The van der Waals surface area contributed by atoms with E-state index in [0.717, 1.165) is 17.6 Å². The third-order valence-electron chi connectivity index (χ3n) is 3.45. The standard InChI is InChI=1S/C12H18N2O6S3/c1-20-12(15)11-10(5-8-21-11)23(18,19)14-6-3-9(4-7-14)13-22(2,16)17/h5,8-9,13H,3-4,6-7H2,1-2H3. The van der Waals surface area contributed by atoms with Crippen molar-refractivity contribution in [3.63, 3.8) is 0 Å². The molecule has 0 spiro atoms. The topological polar surface area (TPSA) is 110 Å². The van der Waals surface area contributed by atoms with Crippen molar-refractivity contribution < 1.29 is 26.4 Å². The van der Waals surface area contributed by atoms with Crippen LogP contribution in [0.15, 0.2) is 16.3 Å². The predicted octanol–water partition coefficient (Wildman–Crippen LogP) is 0.237. The zero-order valence-electron chi connectivity index (χ0n) is 12.7. The van der Waals surface area contributed by atoms with Gasteiger partial charge in [-0.15, -0.1) is 11.3 Å². The third kappa shape index (κ3) is 4.29. The van der Waals surface area contributed by atoms with E-state index in [1.165, 1.54) is 22.9 Å². The zero-order chi connectivity index (χ0) is 17.3. The Morgan fingerprint density at radius 3 is 2.43 bits per heavy atom. The largest absolute Gasteiger partial charge is 0.465 e. The molecule has 8 nitrogen and oxygen atoms in total. The number of methoxy groups -OCH3 is 1. The van der Waals surface area contributed by atoms with Gasteiger partial charge in [0.1, 0.15) is 9.77 Å². The molecule has 23 heavy (non-hydrogen) atoms. The van der Waals surface area contributed by atoms with Crippen molar-refractivity contribution in [1.29, 1.82) is 0 Å². The van der Waals surface area contributed by atoms with E-state index in [0.29, 0.717) is 12.8 Å². The van der Waals surface area contributed by atoms with Gasteiger partial charge < -0.3 is 4.74 Å². The van der Waals surface area contributed by atoms with Crippen molar-refractivity contribution in [3.8, 4) is 0 Å². The Bertz CT molecular complexity index is 775. The number of esters is 1. The van der Waals surface area contributed by atoms with Gasteiger partial charge in [0.05, 0.1) is 13.4 Å². The highest BCUT2D eigenvalue weighted by molar-refractivity contribution is 7.89. The zero-order valence-corrected chi connectivity index (χ0v) is 15.1. The molecule has 2 rings (SSSR count). The molecule has 0 saturated carbocycles. The molecule has 0 amide bonds. The minimum atomic E-state index is -3.81. The molecule has 1 saturated heterocycles. The highest BCUT2D eigenvalue weighted by Crippen LogP contribution is 2.28. The normalized spacial score (nSPS) is 18.0. The van der Waals surface area contributed by atoms with Crippen LogP contribution in [-0.2, 0) is 24.8 Å². The minimum Gasteiger partial charge on any atom is -0.465 e. The SMILES string of the molecule is COC(=O)c1sccc1S(=O)(=O)N1CCC(NS(C)(=O)=O)CC1. The Morgan fingerprint density at radius 1 is 1.30 bits per heavy atom. The van der Waals surface area contributed by atoms with Gasteiger partial charge in [-0.25, -0.2) is 26.4 Å².